The standard InChI is InChI=1S/C17H21N3O6/c1-17(2,3)26-16(25)18-9-10-4-6-11(7-5-10)19-15(24)20-12(14(22)23)8-13(20)21/h4-7,12H,8-9H2,1-3H3,(H,18,25)(H,19,24)(H,22,23)/t12-/m0/s1. The third-order valence-corrected chi connectivity index (χ3v) is 3.49. The first-order valence-electron chi connectivity index (χ1n) is 7.98. The van der Waals surface area contributed by atoms with Crippen molar-refractivity contribution in [2.45, 2.75) is 45.4 Å². The van der Waals surface area contributed by atoms with Crippen molar-refractivity contribution in [1.29, 1.82) is 0 Å². The van der Waals surface area contributed by atoms with E-state index in [9.17, 15) is 19.2 Å². The molecule has 4 amide bonds. The summed E-state index contributed by atoms with van der Waals surface area (Å²) in [7, 11) is 0. The largest absolute Gasteiger partial charge is 0.480 e. The highest BCUT2D eigenvalue weighted by Gasteiger charge is 2.45. The fourth-order valence-electron chi connectivity index (χ4n) is 2.25. The zero-order valence-corrected chi connectivity index (χ0v) is 14.7. The van der Waals surface area contributed by atoms with E-state index in [4.69, 9.17) is 9.84 Å². The van der Waals surface area contributed by atoms with Gasteiger partial charge in [0, 0.05) is 12.2 Å². The van der Waals surface area contributed by atoms with Gasteiger partial charge in [0.15, 0.2) is 0 Å². The fourth-order valence-corrected chi connectivity index (χ4v) is 2.25. The lowest BCUT2D eigenvalue weighted by molar-refractivity contribution is -0.157. The Morgan fingerprint density at radius 1 is 1.23 bits per heavy atom. The van der Waals surface area contributed by atoms with E-state index in [1.165, 1.54) is 0 Å². The highest BCUT2D eigenvalue weighted by atomic mass is 16.6. The molecule has 1 aromatic carbocycles. The predicted octanol–water partition coefficient (Wildman–Crippen LogP) is 1.93. The Balaban J connectivity index is 1.87. The monoisotopic (exact) mass is 363 g/mol. The molecule has 0 aliphatic carbocycles. The number of urea groups is 1. The molecule has 0 bridgehead atoms. The number of benzene rings is 1. The van der Waals surface area contributed by atoms with Gasteiger partial charge in [-0.05, 0) is 38.5 Å². The van der Waals surface area contributed by atoms with Crippen molar-refractivity contribution in [1.82, 2.24) is 10.2 Å². The van der Waals surface area contributed by atoms with Gasteiger partial charge in [-0.3, -0.25) is 4.79 Å². The third kappa shape index (κ3) is 4.95. The summed E-state index contributed by atoms with van der Waals surface area (Å²) < 4.78 is 5.13. The second-order valence-electron chi connectivity index (χ2n) is 6.80. The molecule has 0 radical (unpaired) electrons. The van der Waals surface area contributed by atoms with Gasteiger partial charge in [0.2, 0.25) is 5.91 Å². The number of nitrogens with one attached hydrogen (secondary N) is 2. The molecule has 9 heteroatoms. The number of likely N-dealkylation sites (tertiary alicyclic amines) is 1. The molecule has 1 aromatic rings. The van der Waals surface area contributed by atoms with Gasteiger partial charge in [-0.2, -0.15) is 0 Å². The minimum Gasteiger partial charge on any atom is -0.480 e. The van der Waals surface area contributed by atoms with E-state index in [1.807, 2.05) is 0 Å². The number of ether oxygens (including phenoxy) is 1. The molecule has 26 heavy (non-hydrogen) atoms. The second kappa shape index (κ2) is 7.42. The van der Waals surface area contributed by atoms with Crippen LogP contribution in [-0.4, -0.2) is 45.7 Å². The minimum absolute atomic E-state index is 0.183. The second-order valence-corrected chi connectivity index (χ2v) is 6.80. The van der Waals surface area contributed by atoms with Gasteiger partial charge in [-0.25, -0.2) is 19.3 Å². The maximum Gasteiger partial charge on any atom is 0.407 e. The molecule has 3 N–H and O–H groups in total. The lowest BCUT2D eigenvalue weighted by Gasteiger charge is -2.35. The SMILES string of the molecule is CC(C)(C)OC(=O)NCc1ccc(NC(=O)N2C(=O)C[C@H]2C(=O)O)cc1. The lowest BCUT2D eigenvalue weighted by Crippen LogP contribution is -2.60. The van der Waals surface area contributed by atoms with Crippen molar-refractivity contribution >= 4 is 29.7 Å². The fraction of sp³-hybridized carbons (Fsp3) is 0.412. The first kappa shape index (κ1) is 19.2. The highest BCUT2D eigenvalue weighted by Crippen LogP contribution is 2.21. The van der Waals surface area contributed by atoms with E-state index in [0.29, 0.717) is 10.6 Å². The number of carbonyl (C=O) groups is 4. The van der Waals surface area contributed by atoms with Crippen molar-refractivity contribution in [3.63, 3.8) is 0 Å². The van der Waals surface area contributed by atoms with Crippen LogP contribution in [-0.2, 0) is 20.9 Å². The van der Waals surface area contributed by atoms with Crippen LogP contribution in [0.4, 0.5) is 15.3 Å². The molecule has 140 valence electrons. The molecule has 1 aliphatic heterocycles. The van der Waals surface area contributed by atoms with Gasteiger partial charge < -0.3 is 20.5 Å². The molecule has 2 rings (SSSR count). The average molecular weight is 363 g/mol. The smallest absolute Gasteiger partial charge is 0.407 e. The summed E-state index contributed by atoms with van der Waals surface area (Å²) in [4.78, 5) is 46.7. The Morgan fingerprint density at radius 2 is 1.85 bits per heavy atom. The quantitative estimate of drug-likeness (QED) is 0.702. The summed E-state index contributed by atoms with van der Waals surface area (Å²) in [5, 5.41) is 14.0. The topological polar surface area (TPSA) is 125 Å². The van der Waals surface area contributed by atoms with Crippen molar-refractivity contribution < 1.29 is 29.0 Å². The minimum atomic E-state index is -1.22. The molecule has 1 heterocycles. The number of anilines is 1. The van der Waals surface area contributed by atoms with Crippen LogP contribution in [0.3, 0.4) is 0 Å². The number of hydrogen-bond donors (Lipinski definition) is 3. The number of carboxylic acids is 1. The van der Waals surface area contributed by atoms with Crippen LogP contribution in [0.15, 0.2) is 24.3 Å². The van der Waals surface area contributed by atoms with Gasteiger partial charge in [-0.15, -0.1) is 0 Å². The van der Waals surface area contributed by atoms with Gasteiger partial charge in [-0.1, -0.05) is 12.1 Å². The molecule has 0 aromatic heterocycles. The number of alkyl carbamates (subject to hydrolysis) is 1. The number of nitrogens with zero attached hydrogens (tertiary/aromatic N) is 1. The van der Waals surface area contributed by atoms with Gasteiger partial charge in [0.1, 0.15) is 11.6 Å². The van der Waals surface area contributed by atoms with Crippen LogP contribution >= 0.6 is 0 Å². The first-order valence-corrected chi connectivity index (χ1v) is 7.98. The zero-order chi connectivity index (χ0) is 19.5. The summed E-state index contributed by atoms with van der Waals surface area (Å²) >= 11 is 0. The van der Waals surface area contributed by atoms with E-state index < -0.39 is 35.6 Å². The van der Waals surface area contributed by atoms with Crippen LogP contribution in [0.2, 0.25) is 0 Å². The van der Waals surface area contributed by atoms with Crippen molar-refractivity contribution in [2.75, 3.05) is 5.32 Å². The first-order chi connectivity index (χ1) is 12.1. The summed E-state index contributed by atoms with van der Waals surface area (Å²) in [5.41, 5.74) is 0.595. The number of β-lactam (4-membered cyclic amide) rings is 1. The molecular formula is C17H21N3O6. The third-order valence-electron chi connectivity index (χ3n) is 3.49. The molecule has 9 nitrogen and oxygen atoms in total. The van der Waals surface area contributed by atoms with E-state index in [-0.39, 0.29) is 13.0 Å². The number of aliphatic carboxylic acids is 1. The number of imide groups is 1. The van der Waals surface area contributed by atoms with Gasteiger partial charge in [0.05, 0.1) is 6.42 Å². The summed E-state index contributed by atoms with van der Waals surface area (Å²) in [6, 6.07) is 4.63. The van der Waals surface area contributed by atoms with E-state index in [0.717, 1.165) is 5.56 Å². The Hall–Kier alpha value is -3.10. The van der Waals surface area contributed by atoms with Crippen molar-refractivity contribution in [2.24, 2.45) is 0 Å². The Labute approximate surface area is 150 Å². The van der Waals surface area contributed by atoms with E-state index >= 15 is 0 Å². The summed E-state index contributed by atoms with van der Waals surface area (Å²) in [6.45, 7) is 5.54. The molecule has 0 spiro atoms. The predicted molar refractivity (Wildman–Crippen MR) is 91.4 cm³/mol. The molecule has 1 saturated heterocycles. The van der Waals surface area contributed by atoms with Crippen LogP contribution in [0.25, 0.3) is 0 Å². The molecular weight excluding hydrogens is 342 g/mol. The molecule has 1 atom stereocenters. The van der Waals surface area contributed by atoms with Gasteiger partial charge in [0.25, 0.3) is 0 Å². The normalized spacial score (nSPS) is 16.5. The molecule has 0 unspecified atom stereocenters. The number of carbonyl (C=O) groups excluding carboxylic acids is 3. The average Bonchev–Trinajstić information content (AvgIpc) is 2.49. The van der Waals surface area contributed by atoms with Crippen LogP contribution in [0.5, 0.6) is 0 Å². The molecule has 1 aliphatic rings. The Kier molecular flexibility index (Phi) is 5.49. The lowest BCUT2D eigenvalue weighted by atomic mass is 10.0. The maximum absolute atomic E-state index is 12.0. The van der Waals surface area contributed by atoms with Crippen molar-refractivity contribution in [3.8, 4) is 0 Å². The van der Waals surface area contributed by atoms with Crippen LogP contribution in [0, 0.1) is 0 Å². The number of carboxylic acid groups (broad SMARTS) is 1. The highest BCUT2D eigenvalue weighted by molar-refractivity contribution is 6.09. The number of hydrogen-bond acceptors (Lipinski definition) is 5. The van der Waals surface area contributed by atoms with Crippen LogP contribution in [0.1, 0.15) is 32.8 Å². The molecule has 0 saturated carbocycles. The summed E-state index contributed by atoms with van der Waals surface area (Å²) in [6.07, 6.45) is -0.719. The molecule has 1 fully saturated rings. The van der Waals surface area contributed by atoms with Gasteiger partial charge >= 0.3 is 18.1 Å². The number of rotatable bonds is 4. The maximum atomic E-state index is 12.0. The Morgan fingerprint density at radius 3 is 2.35 bits per heavy atom. The van der Waals surface area contributed by atoms with E-state index in [1.54, 1.807) is 45.0 Å². The summed E-state index contributed by atoms with van der Waals surface area (Å²) in [5.74, 6) is -1.75. The van der Waals surface area contributed by atoms with E-state index in [2.05, 4.69) is 10.6 Å². The van der Waals surface area contributed by atoms with Crippen LogP contribution < -0.4 is 10.6 Å². The zero-order valence-electron chi connectivity index (χ0n) is 14.7. The number of amides is 4. The van der Waals surface area contributed by atoms with Crippen molar-refractivity contribution in [3.05, 3.63) is 29.8 Å². The Bertz CT molecular complexity index is 723.